The summed E-state index contributed by atoms with van der Waals surface area (Å²) >= 11 is 0. The highest BCUT2D eigenvalue weighted by atomic mass is 16.5. The van der Waals surface area contributed by atoms with E-state index in [4.69, 9.17) is 16.1 Å². The smallest absolute Gasteiger partial charge is 0.329 e. The average Bonchev–Trinajstić information content (AvgIpc) is 3.34. The van der Waals surface area contributed by atoms with Crippen molar-refractivity contribution >= 4 is 33.2 Å². The summed E-state index contributed by atoms with van der Waals surface area (Å²) in [7, 11) is 5.27. The number of imidazole rings is 1. The largest absolute Gasteiger partial charge is 0.496 e. The van der Waals surface area contributed by atoms with Crippen molar-refractivity contribution in [2.75, 3.05) is 7.11 Å². The number of terminal acetylenes is 1. The summed E-state index contributed by atoms with van der Waals surface area (Å²) in [6.45, 7) is 7.89. The molecule has 0 aliphatic rings. The van der Waals surface area contributed by atoms with Crippen molar-refractivity contribution in [3.05, 3.63) is 57.9 Å². The molecule has 4 aromatic rings. The fourth-order valence-corrected chi connectivity index (χ4v) is 4.61. The summed E-state index contributed by atoms with van der Waals surface area (Å²) in [5.74, 6) is 0.657. The summed E-state index contributed by atoms with van der Waals surface area (Å²) < 4.78 is 10.9. The molecule has 8 nitrogen and oxygen atoms in total. The Balaban J connectivity index is 2.02. The minimum absolute atomic E-state index is 0.120. The van der Waals surface area contributed by atoms with E-state index in [2.05, 4.69) is 16.1 Å². The van der Waals surface area contributed by atoms with Crippen LogP contribution in [0.5, 0.6) is 5.75 Å². The molecule has 1 atom stereocenters. The minimum atomic E-state index is -0.204. The van der Waals surface area contributed by atoms with Crippen molar-refractivity contribution < 1.29 is 4.74 Å². The van der Waals surface area contributed by atoms with Crippen LogP contribution in [0.15, 0.2) is 46.1 Å². The van der Waals surface area contributed by atoms with Gasteiger partial charge < -0.3 is 4.74 Å². The van der Waals surface area contributed by atoms with Gasteiger partial charge in [0.15, 0.2) is 0 Å². The molecule has 0 saturated heterocycles. The van der Waals surface area contributed by atoms with Crippen LogP contribution in [-0.4, -0.2) is 36.7 Å². The number of rotatable bonds is 5. The molecule has 174 valence electrons. The second kappa shape index (κ2) is 8.67. The first kappa shape index (κ1) is 23.1. The van der Waals surface area contributed by atoms with Crippen molar-refractivity contribution in [1.29, 1.82) is 0 Å². The van der Waals surface area contributed by atoms with E-state index in [1.54, 1.807) is 40.4 Å². The average molecular weight is 457 g/mol. The number of methoxy groups -OCH3 is 1. The molecule has 3 heterocycles. The predicted molar refractivity (Wildman–Crippen MR) is 136 cm³/mol. The van der Waals surface area contributed by atoms with Gasteiger partial charge in [-0.3, -0.25) is 18.8 Å². The molecule has 0 aliphatic carbocycles. The Morgan fingerprint density at radius 1 is 1.21 bits per heavy atom. The minimum Gasteiger partial charge on any atom is -0.496 e. The Morgan fingerprint density at radius 3 is 2.53 bits per heavy atom. The zero-order valence-corrected chi connectivity index (χ0v) is 20.5. The van der Waals surface area contributed by atoms with E-state index in [0.717, 1.165) is 49.9 Å². The Labute approximate surface area is 198 Å². The van der Waals surface area contributed by atoms with Gasteiger partial charge in [-0.15, -0.1) is 0 Å². The topological polar surface area (TPSA) is 79.2 Å². The van der Waals surface area contributed by atoms with Crippen molar-refractivity contribution in [2.24, 2.45) is 19.1 Å². The normalized spacial score (nSPS) is 12.7. The molecule has 1 unspecified atom stereocenters. The van der Waals surface area contributed by atoms with Gasteiger partial charge >= 0.3 is 5.69 Å². The Kier molecular flexibility index (Phi) is 5.88. The van der Waals surface area contributed by atoms with E-state index in [1.807, 2.05) is 53.1 Å². The van der Waals surface area contributed by atoms with Crippen molar-refractivity contribution in [1.82, 2.24) is 23.9 Å². The zero-order valence-electron chi connectivity index (χ0n) is 20.5. The maximum atomic E-state index is 13.3. The standard InChI is InChI=1S/C26H28N6O2/c1-9-27-16(4)24(15(2)3)20-10-21-19(11-23(20)34-8)25-22(13-28-21)32(26(33)31(25)7)17(5)18-12-29-30(6)14-18/h1,10-14,17H,2-8H3. The van der Waals surface area contributed by atoms with Crippen LogP contribution in [0.2, 0.25) is 0 Å². The highest BCUT2D eigenvalue weighted by Gasteiger charge is 2.22. The fraction of sp³-hybridized carbons (Fsp3) is 0.308. The number of hydrogen-bond donors (Lipinski definition) is 0. The lowest BCUT2D eigenvalue weighted by Crippen LogP contribution is -2.25. The Hall–Kier alpha value is -4.12. The lowest BCUT2D eigenvalue weighted by molar-refractivity contribution is 0.414. The van der Waals surface area contributed by atoms with Gasteiger partial charge in [-0.05, 0) is 39.8 Å². The van der Waals surface area contributed by atoms with Gasteiger partial charge in [0.2, 0.25) is 0 Å². The third-order valence-corrected chi connectivity index (χ3v) is 6.19. The second-order valence-corrected chi connectivity index (χ2v) is 8.60. The van der Waals surface area contributed by atoms with Crippen LogP contribution in [-0.2, 0) is 14.1 Å². The van der Waals surface area contributed by atoms with E-state index < -0.39 is 0 Å². The van der Waals surface area contributed by atoms with Gasteiger partial charge in [0, 0.05) is 48.4 Å². The Bertz CT molecular complexity index is 1590. The monoisotopic (exact) mass is 456 g/mol. The molecule has 3 aromatic heterocycles. The summed E-state index contributed by atoms with van der Waals surface area (Å²) in [6.07, 6.45) is 10.9. The molecule has 1 aromatic carbocycles. The van der Waals surface area contributed by atoms with Gasteiger partial charge in [0.05, 0.1) is 47.8 Å². The Morgan fingerprint density at radius 2 is 1.94 bits per heavy atom. The number of ether oxygens (including phenoxy) is 1. The zero-order chi connectivity index (χ0) is 24.7. The van der Waals surface area contributed by atoms with E-state index in [9.17, 15) is 4.79 Å². The molecule has 4 rings (SSSR count). The molecule has 0 N–H and O–H groups in total. The molecule has 0 amide bonds. The van der Waals surface area contributed by atoms with Gasteiger partial charge in [-0.25, -0.2) is 9.79 Å². The molecular formula is C26H28N6O2. The number of hydrogen-bond acceptors (Lipinski definition) is 5. The number of allylic oxidation sites excluding steroid dienone is 2. The molecular weight excluding hydrogens is 428 g/mol. The van der Waals surface area contributed by atoms with Crippen LogP contribution >= 0.6 is 0 Å². The lowest BCUT2D eigenvalue weighted by atomic mass is 9.95. The third kappa shape index (κ3) is 3.59. The first-order valence-corrected chi connectivity index (χ1v) is 10.9. The summed E-state index contributed by atoms with van der Waals surface area (Å²) in [5, 5.41) is 5.08. The fourth-order valence-electron chi connectivity index (χ4n) is 4.61. The van der Waals surface area contributed by atoms with Crippen LogP contribution in [0.3, 0.4) is 0 Å². The summed E-state index contributed by atoms with van der Waals surface area (Å²) in [4.78, 5) is 22.2. The quantitative estimate of drug-likeness (QED) is 0.335. The highest BCUT2D eigenvalue weighted by molar-refractivity contribution is 6.25. The van der Waals surface area contributed by atoms with E-state index >= 15 is 0 Å². The number of aromatic nitrogens is 5. The van der Waals surface area contributed by atoms with Crippen molar-refractivity contribution in [3.63, 3.8) is 0 Å². The molecule has 0 bridgehead atoms. The number of aryl methyl sites for hydroxylation is 2. The molecule has 0 aliphatic heterocycles. The molecule has 8 heteroatoms. The summed E-state index contributed by atoms with van der Waals surface area (Å²) in [5.41, 5.74) is 6.66. The number of nitrogens with zero attached hydrogens (tertiary/aromatic N) is 6. The number of fused-ring (bicyclic) bond motifs is 3. The maximum Gasteiger partial charge on any atom is 0.329 e. The first-order valence-electron chi connectivity index (χ1n) is 10.9. The maximum absolute atomic E-state index is 13.3. The van der Waals surface area contributed by atoms with Crippen molar-refractivity contribution in [3.8, 4) is 18.2 Å². The van der Waals surface area contributed by atoms with Gasteiger partial charge in [-0.1, -0.05) is 12.0 Å². The van der Waals surface area contributed by atoms with Gasteiger partial charge in [0.1, 0.15) is 5.75 Å². The summed E-state index contributed by atoms with van der Waals surface area (Å²) in [6, 6.07) is 6.07. The molecule has 0 fully saturated rings. The van der Waals surface area contributed by atoms with Crippen LogP contribution in [0, 0.1) is 12.5 Å². The van der Waals surface area contributed by atoms with Gasteiger partial charge in [0.25, 0.3) is 0 Å². The lowest BCUT2D eigenvalue weighted by Gasteiger charge is -2.16. The molecule has 0 saturated carbocycles. The van der Waals surface area contributed by atoms with Crippen molar-refractivity contribution in [2.45, 2.75) is 33.7 Å². The number of aliphatic imine (C=N–C) groups is 1. The van der Waals surface area contributed by atoms with E-state index in [1.165, 1.54) is 0 Å². The first-order chi connectivity index (χ1) is 16.2. The van der Waals surface area contributed by atoms with E-state index in [-0.39, 0.29) is 11.7 Å². The predicted octanol–water partition coefficient (Wildman–Crippen LogP) is 4.08. The van der Waals surface area contributed by atoms with Gasteiger partial charge in [-0.2, -0.15) is 5.10 Å². The highest BCUT2D eigenvalue weighted by Crippen LogP contribution is 2.36. The number of pyridine rings is 1. The van der Waals surface area contributed by atoms with Crippen LogP contribution in [0.25, 0.3) is 27.5 Å². The van der Waals surface area contributed by atoms with E-state index in [0.29, 0.717) is 5.75 Å². The SMILES string of the molecule is C#CN=C(C)C(=C(C)C)c1cc2ncc3c(c2cc1OC)n(C)c(=O)n3C(C)c1cnn(C)c1. The molecule has 34 heavy (non-hydrogen) atoms. The van der Waals surface area contributed by atoms with Crippen LogP contribution < -0.4 is 10.4 Å². The van der Waals surface area contributed by atoms with Crippen LogP contribution in [0.1, 0.15) is 44.9 Å². The third-order valence-electron chi connectivity index (χ3n) is 6.19. The molecule has 0 spiro atoms. The van der Waals surface area contributed by atoms with Crippen LogP contribution in [0.4, 0.5) is 0 Å². The second-order valence-electron chi connectivity index (χ2n) is 8.60. The number of benzene rings is 1. The molecule has 0 radical (unpaired) electrons.